The third-order valence-electron chi connectivity index (χ3n) is 8.48. The molecule has 2 aromatic carbocycles. The maximum absolute atomic E-state index is 13.3. The zero-order valence-corrected chi connectivity index (χ0v) is 25.0. The topological polar surface area (TPSA) is 49.4 Å². The van der Waals surface area contributed by atoms with Gasteiger partial charge in [0.2, 0.25) is 0 Å². The van der Waals surface area contributed by atoms with Crippen molar-refractivity contribution in [3.63, 3.8) is 0 Å². The van der Waals surface area contributed by atoms with E-state index < -0.39 is 29.2 Å². The lowest BCUT2D eigenvalue weighted by molar-refractivity contribution is -0.143. The van der Waals surface area contributed by atoms with Crippen LogP contribution < -0.4 is 10.6 Å². The molecule has 12 heteroatoms. The van der Waals surface area contributed by atoms with Crippen molar-refractivity contribution in [2.45, 2.75) is 57.1 Å². The number of hydrogen-bond donors (Lipinski definition) is 2. The van der Waals surface area contributed by atoms with Gasteiger partial charge in [-0.25, -0.2) is 0 Å². The Morgan fingerprint density at radius 1 is 1.07 bits per heavy atom. The molecule has 5 nitrogen and oxygen atoms in total. The Bertz CT molecular complexity index is 1480. The van der Waals surface area contributed by atoms with E-state index in [-0.39, 0.29) is 23.3 Å². The van der Waals surface area contributed by atoms with E-state index in [4.69, 9.17) is 17.0 Å². The second-order valence-electron chi connectivity index (χ2n) is 11.4. The zero-order chi connectivity index (χ0) is 31.6. The molecule has 6 rings (SSSR count). The fourth-order valence-corrected chi connectivity index (χ4v) is 6.50. The van der Waals surface area contributed by atoms with Crippen LogP contribution in [0.2, 0.25) is 0 Å². The van der Waals surface area contributed by atoms with Crippen molar-refractivity contribution in [1.82, 2.24) is 9.88 Å². The van der Waals surface area contributed by atoms with Crippen LogP contribution in [-0.4, -0.2) is 40.7 Å². The van der Waals surface area contributed by atoms with Crippen LogP contribution in [0.5, 0.6) is 0 Å². The van der Waals surface area contributed by atoms with Crippen LogP contribution in [0.15, 0.2) is 61.3 Å². The molecular formula is C32H34F6N4OS. The van der Waals surface area contributed by atoms with Crippen molar-refractivity contribution in [3.05, 3.63) is 78.0 Å². The van der Waals surface area contributed by atoms with Gasteiger partial charge in [-0.15, -0.1) is 6.58 Å². The number of alkyl halides is 6. The number of nitrogens with one attached hydrogen (secondary N) is 2. The largest absolute Gasteiger partial charge is 0.416 e. The smallest absolute Gasteiger partial charge is 0.372 e. The predicted molar refractivity (Wildman–Crippen MR) is 163 cm³/mol. The van der Waals surface area contributed by atoms with Crippen LogP contribution in [0.3, 0.4) is 0 Å². The van der Waals surface area contributed by atoms with E-state index in [1.807, 2.05) is 12.1 Å². The number of halogens is 6. The lowest BCUT2D eigenvalue weighted by Crippen LogP contribution is -2.55. The molecule has 0 saturated carbocycles. The molecule has 4 heterocycles. The van der Waals surface area contributed by atoms with Gasteiger partial charge in [-0.05, 0) is 97.9 Å². The van der Waals surface area contributed by atoms with Gasteiger partial charge in [-0.3, -0.25) is 9.88 Å². The summed E-state index contributed by atoms with van der Waals surface area (Å²) in [4.78, 5) is 7.01. The molecule has 2 N–H and O–H groups in total. The number of rotatable bonds is 9. The highest BCUT2D eigenvalue weighted by Crippen LogP contribution is 2.44. The molecule has 3 aromatic rings. The second-order valence-corrected chi connectivity index (χ2v) is 11.8. The lowest BCUT2D eigenvalue weighted by Gasteiger charge is -2.51. The summed E-state index contributed by atoms with van der Waals surface area (Å²) in [5.41, 5.74) is -1.11. The van der Waals surface area contributed by atoms with E-state index in [1.165, 1.54) is 0 Å². The summed E-state index contributed by atoms with van der Waals surface area (Å²) in [6.07, 6.45) is -2.32. The number of nitrogens with zero attached hydrogens (tertiary/aromatic N) is 2. The van der Waals surface area contributed by atoms with Crippen LogP contribution in [0, 0.1) is 11.8 Å². The highest BCUT2D eigenvalue weighted by Gasteiger charge is 2.43. The van der Waals surface area contributed by atoms with Gasteiger partial charge >= 0.3 is 12.4 Å². The number of piperidine rings is 3. The van der Waals surface area contributed by atoms with Gasteiger partial charge in [-0.2, -0.15) is 26.3 Å². The van der Waals surface area contributed by atoms with E-state index in [9.17, 15) is 26.3 Å². The van der Waals surface area contributed by atoms with E-state index in [0.29, 0.717) is 36.3 Å². The summed E-state index contributed by atoms with van der Waals surface area (Å²) in [6, 6.07) is 8.71. The molecule has 5 atom stereocenters. The van der Waals surface area contributed by atoms with Gasteiger partial charge in [0.25, 0.3) is 0 Å². The van der Waals surface area contributed by atoms with Crippen molar-refractivity contribution in [3.8, 4) is 0 Å². The minimum Gasteiger partial charge on any atom is -0.372 e. The van der Waals surface area contributed by atoms with Crippen molar-refractivity contribution >= 4 is 39.6 Å². The normalized spacial score (nSPS) is 22.5. The minimum absolute atomic E-state index is 0.0742. The van der Waals surface area contributed by atoms with Crippen LogP contribution in [0.25, 0.3) is 10.9 Å². The van der Waals surface area contributed by atoms with Crippen LogP contribution in [-0.2, 0) is 17.1 Å². The third kappa shape index (κ3) is 7.18. The fourth-order valence-electron chi connectivity index (χ4n) is 6.27. The molecule has 0 aliphatic carbocycles. The highest BCUT2D eigenvalue weighted by molar-refractivity contribution is 7.80. The van der Waals surface area contributed by atoms with E-state index in [0.717, 1.165) is 55.2 Å². The molecule has 0 amide bonds. The van der Waals surface area contributed by atoms with Gasteiger partial charge in [0.05, 0.1) is 22.7 Å². The number of benzene rings is 2. The fraction of sp³-hybridized carbons (Fsp3) is 0.438. The monoisotopic (exact) mass is 636 g/mol. The summed E-state index contributed by atoms with van der Waals surface area (Å²) in [6.45, 7) is 8.68. The van der Waals surface area contributed by atoms with E-state index >= 15 is 0 Å². The van der Waals surface area contributed by atoms with Crippen LogP contribution in [0.4, 0.5) is 37.7 Å². The molecule has 0 spiro atoms. The Kier molecular flexibility index (Phi) is 9.52. The Morgan fingerprint density at radius 3 is 2.39 bits per heavy atom. The summed E-state index contributed by atoms with van der Waals surface area (Å²) in [5.74, 6) is 1.00. The summed E-state index contributed by atoms with van der Waals surface area (Å²) >= 11 is 5.29. The summed E-state index contributed by atoms with van der Waals surface area (Å²) in [5, 5.41) is 6.04. The molecule has 3 saturated heterocycles. The molecule has 236 valence electrons. The Morgan fingerprint density at radius 2 is 1.77 bits per heavy atom. The van der Waals surface area contributed by atoms with E-state index in [2.05, 4.69) is 40.1 Å². The van der Waals surface area contributed by atoms with Crippen LogP contribution in [0.1, 0.15) is 55.4 Å². The predicted octanol–water partition coefficient (Wildman–Crippen LogP) is 8.84. The standard InChI is InChI=1S/C32H34F6N4OS/c1-3-5-12-43-29(28-13-20-9-11-42(28)18-19(20)4-2)25-8-10-39-27-7-6-23(17-26(25)27)40-30(44)41-24-15-21(31(33,34)35)14-22(16-24)32(36,37)38/h4,6-8,10,14-17,19-20,28-29H,2-3,5,9,11-13,18H2,1H3,(H2,40,41,44)/t19?,20?,28?,29-/m1/s1. The molecule has 3 aliphatic heterocycles. The maximum Gasteiger partial charge on any atom is 0.416 e. The number of fused-ring (bicyclic) bond motifs is 4. The molecule has 44 heavy (non-hydrogen) atoms. The number of hydrogen-bond acceptors (Lipinski definition) is 4. The molecule has 4 unspecified atom stereocenters. The molecule has 0 radical (unpaired) electrons. The first kappa shape index (κ1) is 32.2. The summed E-state index contributed by atoms with van der Waals surface area (Å²) < 4.78 is 86.5. The Labute approximate surface area is 257 Å². The SMILES string of the molecule is C=CC1CN2CCC1CC2[C@H](OCCCC)c1ccnc2ccc(NC(=S)Nc3cc(C(F)(F)F)cc(C(F)(F)F)c3)cc12. The number of ether oxygens (including phenoxy) is 1. The minimum atomic E-state index is -4.97. The van der Waals surface area contributed by atoms with Gasteiger partial charge in [0.15, 0.2) is 5.11 Å². The number of thiocarbonyl (C=S) groups is 1. The quantitative estimate of drug-likeness (QED) is 0.106. The first-order valence-corrected chi connectivity index (χ1v) is 15.0. The molecule has 3 aliphatic rings. The van der Waals surface area contributed by atoms with Crippen molar-refractivity contribution < 1.29 is 31.1 Å². The average molecular weight is 637 g/mol. The Balaban J connectivity index is 1.42. The zero-order valence-electron chi connectivity index (χ0n) is 24.1. The maximum atomic E-state index is 13.3. The van der Waals surface area contributed by atoms with Crippen molar-refractivity contribution in [2.75, 3.05) is 30.3 Å². The van der Waals surface area contributed by atoms with Gasteiger partial charge in [-0.1, -0.05) is 19.4 Å². The first-order valence-electron chi connectivity index (χ1n) is 14.6. The molecular weight excluding hydrogens is 602 g/mol. The average Bonchev–Trinajstić information content (AvgIpc) is 2.98. The number of pyridine rings is 1. The van der Waals surface area contributed by atoms with Crippen molar-refractivity contribution in [2.24, 2.45) is 11.8 Å². The van der Waals surface area contributed by atoms with Crippen molar-refractivity contribution in [1.29, 1.82) is 0 Å². The second kappa shape index (κ2) is 13.0. The molecule has 2 bridgehead atoms. The summed E-state index contributed by atoms with van der Waals surface area (Å²) in [7, 11) is 0. The number of aromatic nitrogens is 1. The van der Waals surface area contributed by atoms with Gasteiger partial charge in [0, 0.05) is 42.2 Å². The number of anilines is 2. The third-order valence-corrected chi connectivity index (χ3v) is 8.69. The van der Waals surface area contributed by atoms with Crippen LogP contribution >= 0.6 is 12.2 Å². The van der Waals surface area contributed by atoms with E-state index in [1.54, 1.807) is 18.3 Å². The van der Waals surface area contributed by atoms with Gasteiger partial charge < -0.3 is 15.4 Å². The molecule has 1 aromatic heterocycles. The molecule has 3 fully saturated rings. The first-order chi connectivity index (χ1) is 20.9. The van der Waals surface area contributed by atoms with Gasteiger partial charge in [0.1, 0.15) is 0 Å². The number of unbranched alkanes of at least 4 members (excludes halogenated alkanes) is 1. The lowest BCUT2D eigenvalue weighted by atomic mass is 9.73. The highest BCUT2D eigenvalue weighted by atomic mass is 32.1. The Hall–Kier alpha value is -3.22.